The minimum absolute atomic E-state index is 0.0324. The molecule has 0 aliphatic heterocycles. The normalized spacial score (nSPS) is 11.5. The van der Waals surface area contributed by atoms with Crippen molar-refractivity contribution in [3.63, 3.8) is 0 Å². The van der Waals surface area contributed by atoms with Crippen LogP contribution in [0.15, 0.2) is 71.6 Å². The van der Waals surface area contributed by atoms with Crippen LogP contribution in [0.4, 0.5) is 5.69 Å². The molecule has 1 amide bonds. The highest BCUT2D eigenvalue weighted by Crippen LogP contribution is 2.25. The van der Waals surface area contributed by atoms with Crippen molar-refractivity contribution < 1.29 is 13.2 Å². The zero-order chi connectivity index (χ0) is 23.3. The molecule has 8 heteroatoms. The van der Waals surface area contributed by atoms with Gasteiger partial charge >= 0.3 is 0 Å². The molecule has 0 aliphatic carbocycles. The summed E-state index contributed by atoms with van der Waals surface area (Å²) in [4.78, 5) is 12.9. The molecule has 0 aromatic heterocycles. The lowest BCUT2D eigenvalue weighted by molar-refractivity contribution is -0.116. The number of carbonyl (C=O) groups is 1. The Kier molecular flexibility index (Phi) is 7.96. The molecule has 0 unspecified atom stereocenters. The number of rotatable bonds is 8. The number of nitrogens with one attached hydrogen (secondary N) is 1. The number of hydrogen-bond donors (Lipinski definition) is 1. The van der Waals surface area contributed by atoms with E-state index in [-0.39, 0.29) is 18.0 Å². The van der Waals surface area contributed by atoms with Crippen molar-refractivity contribution in [1.29, 1.82) is 0 Å². The molecular formula is C24H24Cl2N2O3S. The molecular weight excluding hydrogens is 467 g/mol. The van der Waals surface area contributed by atoms with E-state index < -0.39 is 15.9 Å². The quantitative estimate of drug-likeness (QED) is 0.440. The number of hydrogen-bond acceptors (Lipinski definition) is 3. The molecule has 0 fully saturated rings. The zero-order valence-corrected chi connectivity index (χ0v) is 20.1. The second-order valence-corrected chi connectivity index (χ2v) is 10.2. The Hall–Kier alpha value is -2.38. The monoisotopic (exact) mass is 490 g/mol. The molecule has 0 aliphatic rings. The minimum atomic E-state index is -3.94. The van der Waals surface area contributed by atoms with Crippen LogP contribution in [0.5, 0.6) is 0 Å². The van der Waals surface area contributed by atoms with Gasteiger partial charge in [0, 0.05) is 12.2 Å². The lowest BCUT2D eigenvalue weighted by atomic mass is 10.1. The third-order valence-corrected chi connectivity index (χ3v) is 7.51. The average Bonchev–Trinajstić information content (AvgIpc) is 2.76. The van der Waals surface area contributed by atoms with Crippen LogP contribution in [0.25, 0.3) is 0 Å². The van der Waals surface area contributed by atoms with E-state index in [1.165, 1.54) is 12.1 Å². The molecule has 32 heavy (non-hydrogen) atoms. The predicted molar refractivity (Wildman–Crippen MR) is 130 cm³/mol. The summed E-state index contributed by atoms with van der Waals surface area (Å²) in [6, 6.07) is 18.9. The highest BCUT2D eigenvalue weighted by molar-refractivity contribution is 7.89. The third-order valence-electron chi connectivity index (χ3n) is 4.97. The Morgan fingerprint density at radius 1 is 0.906 bits per heavy atom. The van der Waals surface area contributed by atoms with Crippen molar-refractivity contribution >= 4 is 44.8 Å². The van der Waals surface area contributed by atoms with Gasteiger partial charge in [0.2, 0.25) is 15.9 Å². The van der Waals surface area contributed by atoms with E-state index in [1.54, 1.807) is 42.5 Å². The number of aryl methyl sites for hydroxylation is 2. The van der Waals surface area contributed by atoms with E-state index in [9.17, 15) is 13.2 Å². The Morgan fingerprint density at radius 2 is 1.53 bits per heavy atom. The molecule has 3 aromatic rings. The van der Waals surface area contributed by atoms with Gasteiger partial charge in [-0.2, -0.15) is 4.31 Å². The largest absolute Gasteiger partial charge is 0.325 e. The SMILES string of the molecule is CCc1ccc(NC(=O)CN(Cc2ccc(Cl)c(Cl)c2)S(=O)(=O)c2ccc(C)cc2)cc1. The van der Waals surface area contributed by atoms with Crippen LogP contribution < -0.4 is 5.32 Å². The number of carbonyl (C=O) groups excluding carboxylic acids is 1. The van der Waals surface area contributed by atoms with Gasteiger partial charge in [-0.15, -0.1) is 0 Å². The maximum Gasteiger partial charge on any atom is 0.243 e. The van der Waals surface area contributed by atoms with Crippen LogP contribution in [-0.2, 0) is 27.8 Å². The zero-order valence-electron chi connectivity index (χ0n) is 17.8. The molecule has 0 saturated carbocycles. The number of halogens is 2. The van der Waals surface area contributed by atoms with Gasteiger partial charge in [-0.1, -0.05) is 66.0 Å². The van der Waals surface area contributed by atoms with E-state index in [4.69, 9.17) is 23.2 Å². The fraction of sp³-hybridized carbons (Fsp3) is 0.208. The Morgan fingerprint density at radius 3 is 2.12 bits per heavy atom. The van der Waals surface area contributed by atoms with Gasteiger partial charge in [-0.3, -0.25) is 4.79 Å². The third kappa shape index (κ3) is 6.11. The smallest absolute Gasteiger partial charge is 0.243 e. The lowest BCUT2D eigenvalue weighted by Gasteiger charge is -2.22. The number of anilines is 1. The highest BCUT2D eigenvalue weighted by Gasteiger charge is 2.27. The van der Waals surface area contributed by atoms with Gasteiger partial charge < -0.3 is 5.32 Å². The Bertz CT molecular complexity index is 1190. The van der Waals surface area contributed by atoms with Crippen molar-refractivity contribution in [1.82, 2.24) is 4.31 Å². The van der Waals surface area contributed by atoms with Crippen LogP contribution in [0.1, 0.15) is 23.6 Å². The van der Waals surface area contributed by atoms with Gasteiger partial charge in [-0.05, 0) is 60.9 Å². The van der Waals surface area contributed by atoms with E-state index in [0.717, 1.165) is 21.9 Å². The van der Waals surface area contributed by atoms with Gasteiger partial charge in [0.15, 0.2) is 0 Å². The van der Waals surface area contributed by atoms with Gasteiger partial charge in [-0.25, -0.2) is 8.42 Å². The van der Waals surface area contributed by atoms with Crippen molar-refractivity contribution in [2.24, 2.45) is 0 Å². The summed E-state index contributed by atoms with van der Waals surface area (Å²) in [5.41, 5.74) is 3.31. The van der Waals surface area contributed by atoms with Crippen molar-refractivity contribution in [2.75, 3.05) is 11.9 Å². The van der Waals surface area contributed by atoms with Gasteiger partial charge in [0.1, 0.15) is 0 Å². The number of amides is 1. The summed E-state index contributed by atoms with van der Waals surface area (Å²) >= 11 is 12.1. The lowest BCUT2D eigenvalue weighted by Crippen LogP contribution is -2.37. The molecule has 0 atom stereocenters. The summed E-state index contributed by atoms with van der Waals surface area (Å²) in [6.45, 7) is 3.53. The standard InChI is InChI=1S/C24H24Cl2N2O3S/c1-3-18-6-9-20(10-7-18)27-24(29)16-28(15-19-8-13-22(25)23(26)14-19)32(30,31)21-11-4-17(2)5-12-21/h4-14H,3,15-16H2,1-2H3,(H,27,29). The van der Waals surface area contributed by atoms with Crippen LogP contribution in [-0.4, -0.2) is 25.2 Å². The first-order chi connectivity index (χ1) is 15.2. The predicted octanol–water partition coefficient (Wildman–Crippen LogP) is 5.69. The first-order valence-electron chi connectivity index (χ1n) is 10.1. The van der Waals surface area contributed by atoms with Gasteiger partial charge in [0.25, 0.3) is 0 Å². The van der Waals surface area contributed by atoms with Crippen molar-refractivity contribution in [2.45, 2.75) is 31.7 Å². The highest BCUT2D eigenvalue weighted by atomic mass is 35.5. The second-order valence-electron chi connectivity index (χ2n) is 7.43. The summed E-state index contributed by atoms with van der Waals surface area (Å²) < 4.78 is 27.8. The number of sulfonamides is 1. The molecule has 0 saturated heterocycles. The fourth-order valence-electron chi connectivity index (χ4n) is 3.11. The summed E-state index contributed by atoms with van der Waals surface area (Å²) in [5, 5.41) is 3.46. The van der Waals surface area contributed by atoms with Crippen molar-refractivity contribution in [3.05, 3.63) is 93.5 Å². The molecule has 1 N–H and O–H groups in total. The summed E-state index contributed by atoms with van der Waals surface area (Å²) in [5.74, 6) is -0.440. The first-order valence-corrected chi connectivity index (χ1v) is 12.3. The topological polar surface area (TPSA) is 66.5 Å². The maximum atomic E-state index is 13.4. The van der Waals surface area contributed by atoms with E-state index in [0.29, 0.717) is 21.3 Å². The van der Waals surface area contributed by atoms with Crippen LogP contribution in [0.3, 0.4) is 0 Å². The fourth-order valence-corrected chi connectivity index (χ4v) is 4.82. The molecule has 0 spiro atoms. The summed E-state index contributed by atoms with van der Waals surface area (Å²) in [7, 11) is -3.94. The molecule has 3 rings (SSSR count). The molecule has 0 radical (unpaired) electrons. The second kappa shape index (κ2) is 10.5. The van der Waals surface area contributed by atoms with E-state index in [2.05, 4.69) is 5.32 Å². The van der Waals surface area contributed by atoms with Crippen LogP contribution in [0.2, 0.25) is 10.0 Å². The molecule has 168 valence electrons. The molecule has 3 aromatic carbocycles. The number of benzene rings is 3. The van der Waals surface area contributed by atoms with E-state index in [1.807, 2.05) is 26.0 Å². The van der Waals surface area contributed by atoms with Crippen LogP contribution in [0, 0.1) is 6.92 Å². The van der Waals surface area contributed by atoms with Crippen LogP contribution >= 0.6 is 23.2 Å². The molecule has 5 nitrogen and oxygen atoms in total. The average molecular weight is 491 g/mol. The number of nitrogens with zero attached hydrogens (tertiary/aromatic N) is 1. The Labute approximate surface area is 199 Å². The van der Waals surface area contributed by atoms with Gasteiger partial charge in [0.05, 0.1) is 21.5 Å². The maximum absolute atomic E-state index is 13.4. The first kappa shape index (κ1) is 24.3. The van der Waals surface area contributed by atoms with Crippen molar-refractivity contribution in [3.8, 4) is 0 Å². The minimum Gasteiger partial charge on any atom is -0.325 e. The Balaban J connectivity index is 1.87. The molecule has 0 bridgehead atoms. The molecule has 0 heterocycles. The summed E-state index contributed by atoms with van der Waals surface area (Å²) in [6.07, 6.45) is 0.889. The van der Waals surface area contributed by atoms with E-state index >= 15 is 0 Å².